The van der Waals surface area contributed by atoms with Gasteiger partial charge in [-0.3, -0.25) is 14.4 Å². The smallest absolute Gasteiger partial charge is 0.257 e. The van der Waals surface area contributed by atoms with Crippen LogP contribution in [-0.2, 0) is 0 Å². The number of hydrogen-bond donors (Lipinski definition) is 4. The number of carbonyl (C=O) groups is 2. The summed E-state index contributed by atoms with van der Waals surface area (Å²) in [4.78, 5) is 37.9. The highest BCUT2D eigenvalue weighted by Crippen LogP contribution is 2.16. The Hall–Kier alpha value is -2.93. The first kappa shape index (κ1) is 16.9. The van der Waals surface area contributed by atoms with Crippen LogP contribution in [-0.4, -0.2) is 35.4 Å². The van der Waals surface area contributed by atoms with Crippen LogP contribution in [0.4, 0.5) is 5.69 Å². The molecule has 1 aliphatic rings. The summed E-state index contributed by atoms with van der Waals surface area (Å²) >= 11 is 0. The topological polar surface area (TPSA) is 103 Å². The number of hydrogen-bond acceptors (Lipinski definition) is 4. The molecular weight excluding hydrogens is 320 g/mol. The van der Waals surface area contributed by atoms with Gasteiger partial charge in [0, 0.05) is 30.1 Å². The maximum Gasteiger partial charge on any atom is 0.257 e. The molecule has 0 spiro atoms. The third-order valence-corrected chi connectivity index (χ3v) is 4.24. The Balaban J connectivity index is 1.63. The average Bonchev–Trinajstić information content (AvgIpc) is 3.02. The van der Waals surface area contributed by atoms with Gasteiger partial charge in [0.1, 0.15) is 0 Å². The molecule has 130 valence electrons. The highest BCUT2D eigenvalue weighted by atomic mass is 16.2. The maximum atomic E-state index is 12.3. The zero-order valence-electron chi connectivity index (χ0n) is 13.9. The van der Waals surface area contributed by atoms with Crippen LogP contribution in [0.3, 0.4) is 0 Å². The van der Waals surface area contributed by atoms with Crippen molar-refractivity contribution in [3.8, 4) is 0 Å². The van der Waals surface area contributed by atoms with Crippen molar-refractivity contribution in [2.24, 2.45) is 0 Å². The highest BCUT2D eigenvalue weighted by Gasteiger charge is 2.30. The van der Waals surface area contributed by atoms with Crippen LogP contribution in [0.5, 0.6) is 0 Å². The Morgan fingerprint density at radius 2 is 1.76 bits per heavy atom. The van der Waals surface area contributed by atoms with Gasteiger partial charge in [-0.2, -0.15) is 0 Å². The van der Waals surface area contributed by atoms with Crippen molar-refractivity contribution in [2.45, 2.75) is 18.9 Å². The number of pyridine rings is 1. The molecule has 2 amide bonds. The molecule has 25 heavy (non-hydrogen) atoms. The number of carbonyl (C=O) groups excluding carboxylic acids is 2. The van der Waals surface area contributed by atoms with Crippen molar-refractivity contribution in [3.05, 3.63) is 64.1 Å². The Bertz CT molecular complexity index is 816. The molecule has 1 saturated heterocycles. The van der Waals surface area contributed by atoms with Crippen LogP contribution in [0.2, 0.25) is 0 Å². The lowest BCUT2D eigenvalue weighted by atomic mass is 10.0. The molecule has 4 N–H and O–H groups in total. The molecule has 0 saturated carbocycles. The van der Waals surface area contributed by atoms with Crippen molar-refractivity contribution < 1.29 is 9.59 Å². The van der Waals surface area contributed by atoms with E-state index in [0.29, 0.717) is 16.8 Å². The summed E-state index contributed by atoms with van der Waals surface area (Å²) < 4.78 is 0. The predicted octanol–water partition coefficient (Wildman–Crippen LogP) is 1.11. The first-order valence-corrected chi connectivity index (χ1v) is 8.09. The molecule has 2 aromatic rings. The minimum Gasteiger partial charge on any atom is -0.346 e. The number of benzene rings is 1. The van der Waals surface area contributed by atoms with Crippen LogP contribution in [0, 0.1) is 0 Å². The van der Waals surface area contributed by atoms with E-state index >= 15 is 0 Å². The number of nitrogens with one attached hydrogen (secondary N) is 4. The lowest BCUT2D eigenvalue weighted by molar-refractivity contribution is 0.0912. The summed E-state index contributed by atoms with van der Waals surface area (Å²) in [5.41, 5.74) is 0.964. The van der Waals surface area contributed by atoms with Crippen LogP contribution in [0.25, 0.3) is 0 Å². The monoisotopic (exact) mass is 340 g/mol. The first-order chi connectivity index (χ1) is 12.0. The highest BCUT2D eigenvalue weighted by molar-refractivity contribution is 6.04. The molecule has 1 unspecified atom stereocenters. The van der Waals surface area contributed by atoms with Gasteiger partial charge < -0.3 is 20.9 Å². The molecule has 1 atom stereocenters. The fourth-order valence-electron chi connectivity index (χ4n) is 2.73. The van der Waals surface area contributed by atoms with Gasteiger partial charge in [0.05, 0.1) is 11.1 Å². The SMILES string of the molecule is CC1(NC(=O)c2ccc(NC(=O)c3ccc(=O)[nH]c3)cc2)CCNC1. The van der Waals surface area contributed by atoms with Crippen molar-refractivity contribution in [2.75, 3.05) is 18.4 Å². The number of H-pyrrole nitrogens is 1. The van der Waals surface area contributed by atoms with Crippen molar-refractivity contribution in [1.82, 2.24) is 15.6 Å². The van der Waals surface area contributed by atoms with E-state index in [2.05, 4.69) is 20.9 Å². The molecule has 3 rings (SSSR count). The molecule has 1 aromatic carbocycles. The van der Waals surface area contributed by atoms with Gasteiger partial charge in [-0.1, -0.05) is 0 Å². The third-order valence-electron chi connectivity index (χ3n) is 4.24. The molecule has 0 radical (unpaired) electrons. The van der Waals surface area contributed by atoms with E-state index in [4.69, 9.17) is 0 Å². The maximum absolute atomic E-state index is 12.3. The number of amides is 2. The first-order valence-electron chi connectivity index (χ1n) is 8.09. The van der Waals surface area contributed by atoms with E-state index in [1.165, 1.54) is 18.3 Å². The lowest BCUT2D eigenvalue weighted by Crippen LogP contribution is -2.47. The quantitative estimate of drug-likeness (QED) is 0.669. The van der Waals surface area contributed by atoms with Gasteiger partial charge in [-0.05, 0) is 50.2 Å². The molecule has 1 fully saturated rings. The summed E-state index contributed by atoms with van der Waals surface area (Å²) in [6.07, 6.45) is 2.25. The van der Waals surface area contributed by atoms with Gasteiger partial charge in [-0.25, -0.2) is 0 Å². The zero-order valence-corrected chi connectivity index (χ0v) is 13.9. The second-order valence-electron chi connectivity index (χ2n) is 6.41. The predicted molar refractivity (Wildman–Crippen MR) is 94.8 cm³/mol. The molecule has 1 aliphatic heterocycles. The summed E-state index contributed by atoms with van der Waals surface area (Å²) in [6, 6.07) is 9.43. The van der Waals surface area contributed by atoms with Crippen molar-refractivity contribution >= 4 is 17.5 Å². The van der Waals surface area contributed by atoms with Crippen molar-refractivity contribution in [1.29, 1.82) is 0 Å². The second kappa shape index (κ2) is 6.90. The standard InChI is InChI=1S/C18H20N4O3/c1-18(8-9-19-11-18)22-17(25)12-2-5-14(6-3-12)21-16(24)13-4-7-15(23)20-10-13/h2-7,10,19H,8-9,11H2,1H3,(H,20,23)(H,21,24)(H,22,25). The normalized spacial score (nSPS) is 19.4. The summed E-state index contributed by atoms with van der Waals surface area (Å²) in [5.74, 6) is -0.470. The Kier molecular flexibility index (Phi) is 4.67. The van der Waals surface area contributed by atoms with E-state index in [9.17, 15) is 14.4 Å². The lowest BCUT2D eigenvalue weighted by Gasteiger charge is -2.24. The molecule has 1 aromatic heterocycles. The van der Waals surface area contributed by atoms with E-state index in [0.717, 1.165) is 19.5 Å². The fourth-order valence-corrected chi connectivity index (χ4v) is 2.73. The summed E-state index contributed by atoms with van der Waals surface area (Å²) in [7, 11) is 0. The van der Waals surface area contributed by atoms with Gasteiger partial charge in [0.2, 0.25) is 5.56 Å². The van der Waals surface area contributed by atoms with Gasteiger partial charge >= 0.3 is 0 Å². The fraction of sp³-hybridized carbons (Fsp3) is 0.278. The number of aromatic amines is 1. The Labute approximate surface area is 144 Å². The second-order valence-corrected chi connectivity index (χ2v) is 6.41. The molecule has 0 bridgehead atoms. The Morgan fingerprint density at radius 3 is 2.36 bits per heavy atom. The summed E-state index contributed by atoms with van der Waals surface area (Å²) in [5, 5.41) is 9.00. The molecule has 7 heteroatoms. The van der Waals surface area contributed by atoms with Crippen molar-refractivity contribution in [3.63, 3.8) is 0 Å². The van der Waals surface area contributed by atoms with Crippen LogP contribution in [0.15, 0.2) is 47.4 Å². The molecule has 0 aliphatic carbocycles. The molecular formula is C18H20N4O3. The van der Waals surface area contributed by atoms with Gasteiger partial charge in [0.25, 0.3) is 11.8 Å². The van der Waals surface area contributed by atoms with E-state index < -0.39 is 0 Å². The minimum absolute atomic E-state index is 0.135. The number of aromatic nitrogens is 1. The molecule has 7 nitrogen and oxygen atoms in total. The third kappa shape index (κ3) is 4.13. The van der Waals surface area contributed by atoms with Crippen LogP contribution < -0.4 is 21.5 Å². The summed E-state index contributed by atoms with van der Waals surface area (Å²) in [6.45, 7) is 3.67. The van der Waals surface area contributed by atoms with Crippen LogP contribution in [0.1, 0.15) is 34.1 Å². The van der Waals surface area contributed by atoms with Gasteiger partial charge in [-0.15, -0.1) is 0 Å². The number of anilines is 1. The van der Waals surface area contributed by atoms with Crippen LogP contribution >= 0.6 is 0 Å². The average molecular weight is 340 g/mol. The molecule has 2 heterocycles. The Morgan fingerprint density at radius 1 is 1.04 bits per heavy atom. The largest absolute Gasteiger partial charge is 0.346 e. The van der Waals surface area contributed by atoms with E-state index in [1.807, 2.05) is 6.92 Å². The van der Waals surface area contributed by atoms with E-state index in [-0.39, 0.29) is 22.9 Å². The van der Waals surface area contributed by atoms with E-state index in [1.54, 1.807) is 24.3 Å². The number of rotatable bonds is 4. The van der Waals surface area contributed by atoms with Gasteiger partial charge in [0.15, 0.2) is 0 Å². The minimum atomic E-state index is -0.335. The zero-order chi connectivity index (χ0) is 17.9.